The number of ether oxygens (including phenoxy) is 1. The molecule has 0 aliphatic carbocycles. The van der Waals surface area contributed by atoms with E-state index in [4.69, 9.17) is 4.74 Å². The van der Waals surface area contributed by atoms with E-state index in [9.17, 15) is 4.79 Å². The Balaban J connectivity index is 2.09. The summed E-state index contributed by atoms with van der Waals surface area (Å²) < 4.78 is 5.59. The maximum atomic E-state index is 12.2. The molecule has 4 heteroatoms. The summed E-state index contributed by atoms with van der Waals surface area (Å²) in [6, 6.07) is 3.74. The third kappa shape index (κ3) is 2.64. The molecule has 17 heavy (non-hydrogen) atoms. The summed E-state index contributed by atoms with van der Waals surface area (Å²) in [7, 11) is 1.78. The van der Waals surface area contributed by atoms with E-state index < -0.39 is 0 Å². The quantitative estimate of drug-likeness (QED) is 0.785. The molecule has 0 N–H and O–H groups in total. The van der Waals surface area contributed by atoms with Crippen LogP contribution in [0.3, 0.4) is 0 Å². The molecule has 1 aromatic rings. The van der Waals surface area contributed by atoms with Crippen LogP contribution in [0.15, 0.2) is 18.3 Å². The van der Waals surface area contributed by atoms with E-state index in [1.807, 2.05) is 26.0 Å². The molecule has 1 aromatic heterocycles. The predicted molar refractivity (Wildman–Crippen MR) is 66.0 cm³/mol. The molecule has 2 unspecified atom stereocenters. The van der Waals surface area contributed by atoms with Crippen LogP contribution in [0.4, 0.5) is 5.69 Å². The van der Waals surface area contributed by atoms with Gasteiger partial charge in [0.15, 0.2) is 0 Å². The first-order valence-electron chi connectivity index (χ1n) is 5.93. The van der Waals surface area contributed by atoms with Crippen LogP contribution in [0.1, 0.15) is 25.5 Å². The average molecular weight is 234 g/mol. The summed E-state index contributed by atoms with van der Waals surface area (Å²) in [5, 5.41) is 0. The van der Waals surface area contributed by atoms with E-state index >= 15 is 0 Å². The van der Waals surface area contributed by atoms with Crippen molar-refractivity contribution in [1.82, 2.24) is 4.98 Å². The largest absolute Gasteiger partial charge is 0.365 e. The van der Waals surface area contributed by atoms with Gasteiger partial charge in [-0.2, -0.15) is 0 Å². The van der Waals surface area contributed by atoms with Crippen molar-refractivity contribution < 1.29 is 9.53 Å². The lowest BCUT2D eigenvalue weighted by molar-refractivity contribution is -0.128. The van der Waals surface area contributed by atoms with Crippen molar-refractivity contribution in [2.45, 2.75) is 38.9 Å². The summed E-state index contributed by atoms with van der Waals surface area (Å²) in [6.45, 7) is 3.92. The molecule has 92 valence electrons. The van der Waals surface area contributed by atoms with E-state index in [1.54, 1.807) is 18.1 Å². The Morgan fingerprint density at radius 3 is 2.88 bits per heavy atom. The van der Waals surface area contributed by atoms with Gasteiger partial charge in [0.25, 0.3) is 5.91 Å². The fourth-order valence-electron chi connectivity index (χ4n) is 2.07. The molecule has 0 bridgehead atoms. The second-order valence-corrected chi connectivity index (χ2v) is 4.57. The number of carbonyl (C=O) groups excluding carboxylic acids is 1. The molecule has 2 heterocycles. The Morgan fingerprint density at radius 2 is 2.29 bits per heavy atom. The number of carbonyl (C=O) groups is 1. The third-order valence-corrected chi connectivity index (χ3v) is 3.11. The maximum absolute atomic E-state index is 12.2. The second kappa shape index (κ2) is 4.84. The van der Waals surface area contributed by atoms with Gasteiger partial charge in [0.05, 0.1) is 6.10 Å². The highest BCUT2D eigenvalue weighted by Crippen LogP contribution is 2.23. The summed E-state index contributed by atoms with van der Waals surface area (Å²) in [4.78, 5) is 18.0. The molecular formula is C13H18N2O2. The normalized spacial score (nSPS) is 23.7. The number of rotatable bonds is 2. The van der Waals surface area contributed by atoms with E-state index in [1.165, 1.54) is 0 Å². The lowest BCUT2D eigenvalue weighted by atomic mass is 10.2. The Bertz CT molecular complexity index is 420. The van der Waals surface area contributed by atoms with Crippen LogP contribution in [-0.4, -0.2) is 30.1 Å². The van der Waals surface area contributed by atoms with Crippen molar-refractivity contribution >= 4 is 11.6 Å². The SMILES string of the molecule is Cc1cc(N(C)C(=O)C2CCC(C)O2)ccn1. The molecule has 1 aliphatic heterocycles. The van der Waals surface area contributed by atoms with E-state index in [2.05, 4.69) is 4.98 Å². The zero-order chi connectivity index (χ0) is 12.4. The molecule has 0 aromatic carbocycles. The molecule has 2 rings (SSSR count). The molecule has 0 saturated carbocycles. The summed E-state index contributed by atoms with van der Waals surface area (Å²) in [5.74, 6) is 0.0277. The zero-order valence-electron chi connectivity index (χ0n) is 10.5. The van der Waals surface area contributed by atoms with Gasteiger partial charge in [0.2, 0.25) is 0 Å². The van der Waals surface area contributed by atoms with Gasteiger partial charge in [-0.25, -0.2) is 0 Å². The molecule has 0 spiro atoms. The van der Waals surface area contributed by atoms with Gasteiger partial charge in [-0.15, -0.1) is 0 Å². The van der Waals surface area contributed by atoms with Gasteiger partial charge >= 0.3 is 0 Å². The predicted octanol–water partition coefficient (Wildman–Crippen LogP) is 1.92. The number of amides is 1. The van der Waals surface area contributed by atoms with Crippen molar-refractivity contribution in [2.24, 2.45) is 0 Å². The number of likely N-dealkylation sites (N-methyl/N-ethyl adjacent to an activating group) is 1. The number of hydrogen-bond donors (Lipinski definition) is 0. The van der Waals surface area contributed by atoms with Crippen molar-refractivity contribution in [2.75, 3.05) is 11.9 Å². The minimum absolute atomic E-state index is 0.0277. The zero-order valence-corrected chi connectivity index (χ0v) is 10.5. The number of hydrogen-bond acceptors (Lipinski definition) is 3. The van der Waals surface area contributed by atoms with Crippen molar-refractivity contribution in [3.63, 3.8) is 0 Å². The molecule has 1 amide bonds. The van der Waals surface area contributed by atoms with Gasteiger partial charge in [0, 0.05) is 24.6 Å². The summed E-state index contributed by atoms with van der Waals surface area (Å²) in [6.07, 6.45) is 3.39. The summed E-state index contributed by atoms with van der Waals surface area (Å²) in [5.41, 5.74) is 1.77. The topological polar surface area (TPSA) is 42.4 Å². The highest BCUT2D eigenvalue weighted by Gasteiger charge is 2.30. The Hall–Kier alpha value is -1.42. The molecular weight excluding hydrogens is 216 g/mol. The van der Waals surface area contributed by atoms with Crippen LogP contribution in [0.5, 0.6) is 0 Å². The smallest absolute Gasteiger partial charge is 0.255 e. The lowest BCUT2D eigenvalue weighted by Crippen LogP contribution is -2.36. The van der Waals surface area contributed by atoms with Crippen molar-refractivity contribution in [1.29, 1.82) is 0 Å². The number of aromatic nitrogens is 1. The van der Waals surface area contributed by atoms with Crippen LogP contribution in [0.25, 0.3) is 0 Å². The Kier molecular flexibility index (Phi) is 3.43. The fourth-order valence-corrected chi connectivity index (χ4v) is 2.07. The molecule has 1 aliphatic rings. The molecule has 1 saturated heterocycles. The Morgan fingerprint density at radius 1 is 1.53 bits per heavy atom. The first-order valence-corrected chi connectivity index (χ1v) is 5.93. The van der Waals surface area contributed by atoms with Crippen molar-refractivity contribution in [3.05, 3.63) is 24.0 Å². The van der Waals surface area contributed by atoms with Gasteiger partial charge in [-0.1, -0.05) is 0 Å². The lowest BCUT2D eigenvalue weighted by Gasteiger charge is -2.21. The monoisotopic (exact) mass is 234 g/mol. The highest BCUT2D eigenvalue weighted by atomic mass is 16.5. The van der Waals surface area contributed by atoms with Gasteiger partial charge in [-0.3, -0.25) is 9.78 Å². The molecule has 0 radical (unpaired) electrons. The molecule has 4 nitrogen and oxygen atoms in total. The maximum Gasteiger partial charge on any atom is 0.255 e. The standard InChI is InChI=1S/C13H18N2O2/c1-9-8-11(6-7-14-9)15(3)13(16)12-5-4-10(2)17-12/h6-8,10,12H,4-5H2,1-3H3. The van der Waals surface area contributed by atoms with Crippen molar-refractivity contribution in [3.8, 4) is 0 Å². The number of aryl methyl sites for hydroxylation is 1. The van der Waals surface area contributed by atoms with Crippen LogP contribution < -0.4 is 4.90 Å². The van der Waals surface area contributed by atoms with Crippen LogP contribution >= 0.6 is 0 Å². The van der Waals surface area contributed by atoms with E-state index in [-0.39, 0.29) is 18.1 Å². The Labute approximate surface area is 102 Å². The van der Waals surface area contributed by atoms with Crippen LogP contribution in [0, 0.1) is 6.92 Å². The minimum atomic E-state index is -0.288. The van der Waals surface area contributed by atoms with Crippen LogP contribution in [0.2, 0.25) is 0 Å². The highest BCUT2D eigenvalue weighted by molar-refractivity contribution is 5.96. The number of anilines is 1. The van der Waals surface area contributed by atoms with Gasteiger partial charge in [-0.05, 0) is 38.8 Å². The van der Waals surface area contributed by atoms with Crippen LogP contribution in [-0.2, 0) is 9.53 Å². The molecule has 1 fully saturated rings. The third-order valence-electron chi connectivity index (χ3n) is 3.11. The fraction of sp³-hybridized carbons (Fsp3) is 0.538. The number of nitrogens with zero attached hydrogens (tertiary/aromatic N) is 2. The first-order chi connectivity index (χ1) is 8.08. The average Bonchev–Trinajstić information content (AvgIpc) is 2.74. The second-order valence-electron chi connectivity index (χ2n) is 4.57. The minimum Gasteiger partial charge on any atom is -0.365 e. The van der Waals surface area contributed by atoms with E-state index in [0.29, 0.717) is 0 Å². The van der Waals surface area contributed by atoms with Gasteiger partial charge in [0.1, 0.15) is 6.10 Å². The van der Waals surface area contributed by atoms with E-state index in [0.717, 1.165) is 24.2 Å². The first kappa shape index (κ1) is 12.0. The summed E-state index contributed by atoms with van der Waals surface area (Å²) >= 11 is 0. The molecule has 2 atom stereocenters. The van der Waals surface area contributed by atoms with Gasteiger partial charge < -0.3 is 9.64 Å². The number of pyridine rings is 1.